The molecule has 0 aromatic heterocycles. The number of rotatable bonds is 6. The highest BCUT2D eigenvalue weighted by atomic mass is 32.2. The van der Waals surface area contributed by atoms with E-state index in [1.807, 2.05) is 24.3 Å². The van der Waals surface area contributed by atoms with Crippen LogP contribution in [-0.2, 0) is 14.6 Å². The molecule has 6 heteroatoms. The number of hydrogen-bond acceptors (Lipinski definition) is 4. The first-order valence-electron chi connectivity index (χ1n) is 8.08. The van der Waals surface area contributed by atoms with Crippen molar-refractivity contribution in [1.82, 2.24) is 0 Å². The van der Waals surface area contributed by atoms with Gasteiger partial charge in [0.2, 0.25) is 5.91 Å². The van der Waals surface area contributed by atoms with Gasteiger partial charge in [-0.1, -0.05) is 31.9 Å². The van der Waals surface area contributed by atoms with Gasteiger partial charge in [0, 0.05) is 25.3 Å². The van der Waals surface area contributed by atoms with Crippen molar-refractivity contribution < 1.29 is 13.2 Å². The van der Waals surface area contributed by atoms with E-state index < -0.39 is 15.8 Å². The Balaban J connectivity index is 2.12. The van der Waals surface area contributed by atoms with Gasteiger partial charge in [-0.3, -0.25) is 4.79 Å². The molecule has 128 valence electrons. The fraction of sp³-hybridized carbons (Fsp3) is 0.588. The number of carbonyl (C=O) groups is 1. The summed E-state index contributed by atoms with van der Waals surface area (Å²) >= 11 is 0. The van der Waals surface area contributed by atoms with Gasteiger partial charge in [-0.25, -0.2) is 8.42 Å². The molecule has 1 atom stereocenters. The molecule has 0 saturated heterocycles. The molecule has 1 aromatic rings. The van der Waals surface area contributed by atoms with Gasteiger partial charge >= 0.3 is 0 Å². The predicted molar refractivity (Wildman–Crippen MR) is 94.6 cm³/mol. The maximum Gasteiger partial charge on any atom is 0.228 e. The van der Waals surface area contributed by atoms with Crippen LogP contribution in [0.25, 0.3) is 0 Å². The molecule has 5 nitrogen and oxygen atoms in total. The Morgan fingerprint density at radius 3 is 2.52 bits per heavy atom. The highest BCUT2D eigenvalue weighted by Gasteiger charge is 2.23. The van der Waals surface area contributed by atoms with Crippen LogP contribution in [0.5, 0.6) is 0 Å². The lowest BCUT2D eigenvalue weighted by molar-refractivity contribution is -0.118. The van der Waals surface area contributed by atoms with E-state index >= 15 is 0 Å². The lowest BCUT2D eigenvalue weighted by Gasteiger charge is -2.29. The zero-order valence-corrected chi connectivity index (χ0v) is 14.9. The van der Waals surface area contributed by atoms with Crippen LogP contribution in [-0.4, -0.2) is 39.4 Å². The smallest absolute Gasteiger partial charge is 0.228 e. The minimum Gasteiger partial charge on any atom is -0.370 e. The molecular formula is C17H26N2O3S. The zero-order chi connectivity index (χ0) is 17.0. The topological polar surface area (TPSA) is 66.5 Å². The Labute approximate surface area is 139 Å². The summed E-state index contributed by atoms with van der Waals surface area (Å²) in [5.41, 5.74) is 1.73. The van der Waals surface area contributed by atoms with Gasteiger partial charge in [-0.2, -0.15) is 0 Å². The Kier molecular flexibility index (Phi) is 5.68. The Bertz CT molecular complexity index is 652. The summed E-state index contributed by atoms with van der Waals surface area (Å²) < 4.78 is 22.7. The van der Waals surface area contributed by atoms with E-state index in [2.05, 4.69) is 17.3 Å². The quantitative estimate of drug-likeness (QED) is 0.866. The van der Waals surface area contributed by atoms with E-state index in [1.54, 1.807) is 6.92 Å². The van der Waals surface area contributed by atoms with Crippen LogP contribution in [0.1, 0.15) is 32.6 Å². The summed E-state index contributed by atoms with van der Waals surface area (Å²) in [6, 6.07) is 8.20. The number of sulfone groups is 1. The number of hydrogen-bond donors (Lipinski definition) is 1. The summed E-state index contributed by atoms with van der Waals surface area (Å²) in [7, 11) is -1.11. The average Bonchev–Trinajstić information content (AvgIpc) is 2.99. The third-order valence-electron chi connectivity index (χ3n) is 4.41. The van der Waals surface area contributed by atoms with E-state index in [9.17, 15) is 13.2 Å². The van der Waals surface area contributed by atoms with Crippen molar-refractivity contribution in [2.45, 2.75) is 38.6 Å². The highest BCUT2D eigenvalue weighted by molar-refractivity contribution is 7.90. The summed E-state index contributed by atoms with van der Waals surface area (Å²) in [5, 5.41) is 2.89. The fourth-order valence-electron chi connectivity index (χ4n) is 3.16. The molecule has 0 bridgehead atoms. The second-order valence-corrected chi connectivity index (χ2v) is 8.73. The summed E-state index contributed by atoms with van der Waals surface area (Å²) in [6.07, 6.45) is 5.98. The molecule has 0 heterocycles. The molecule has 1 aromatic carbocycles. The first-order valence-corrected chi connectivity index (χ1v) is 10.1. The van der Waals surface area contributed by atoms with Crippen molar-refractivity contribution in [3.05, 3.63) is 24.3 Å². The standard InChI is InChI=1S/C17H26N2O3S/c1-13(12-23(3,21)22)17(20)18-15-10-6-7-11-16(15)19(2)14-8-4-5-9-14/h6-7,10-11,13-14H,4-5,8-9,12H2,1-3H3,(H,18,20)/t13-/m1/s1. The highest BCUT2D eigenvalue weighted by Crippen LogP contribution is 2.32. The number of nitrogens with zero attached hydrogens (tertiary/aromatic N) is 1. The summed E-state index contributed by atoms with van der Waals surface area (Å²) in [6.45, 7) is 1.64. The lowest BCUT2D eigenvalue weighted by atomic mass is 10.1. The van der Waals surface area contributed by atoms with Crippen LogP contribution < -0.4 is 10.2 Å². The Morgan fingerprint density at radius 1 is 1.30 bits per heavy atom. The van der Waals surface area contributed by atoms with Crippen molar-refractivity contribution in [2.24, 2.45) is 5.92 Å². The molecule has 1 saturated carbocycles. The number of amides is 1. The number of para-hydroxylation sites is 2. The van der Waals surface area contributed by atoms with Gasteiger partial charge in [0.15, 0.2) is 0 Å². The molecule has 1 fully saturated rings. The maximum absolute atomic E-state index is 12.3. The van der Waals surface area contributed by atoms with Crippen molar-refractivity contribution in [2.75, 3.05) is 29.3 Å². The minimum atomic E-state index is -3.17. The van der Waals surface area contributed by atoms with Crippen LogP contribution >= 0.6 is 0 Å². The first-order chi connectivity index (χ1) is 10.8. The van der Waals surface area contributed by atoms with Crippen molar-refractivity contribution in [1.29, 1.82) is 0 Å². The number of benzene rings is 1. The largest absolute Gasteiger partial charge is 0.370 e. The Morgan fingerprint density at radius 2 is 1.91 bits per heavy atom. The first kappa shape index (κ1) is 17.8. The average molecular weight is 338 g/mol. The van der Waals surface area contributed by atoms with Crippen molar-refractivity contribution in [3.63, 3.8) is 0 Å². The van der Waals surface area contributed by atoms with Crippen molar-refractivity contribution >= 4 is 27.1 Å². The summed E-state index contributed by atoms with van der Waals surface area (Å²) in [4.78, 5) is 14.5. The molecule has 2 rings (SSSR count). The van der Waals surface area contributed by atoms with Crippen molar-refractivity contribution in [3.8, 4) is 0 Å². The second-order valence-electron chi connectivity index (χ2n) is 6.55. The van der Waals surface area contributed by atoms with E-state index in [0.29, 0.717) is 6.04 Å². The van der Waals surface area contributed by atoms with Gasteiger partial charge in [-0.15, -0.1) is 0 Å². The minimum absolute atomic E-state index is 0.139. The molecule has 1 N–H and O–H groups in total. The molecule has 1 amide bonds. The molecular weight excluding hydrogens is 312 g/mol. The number of carbonyl (C=O) groups excluding carboxylic acids is 1. The van der Waals surface area contributed by atoms with Crippen LogP contribution in [0.2, 0.25) is 0 Å². The molecule has 0 aliphatic heterocycles. The molecule has 0 spiro atoms. The maximum atomic E-state index is 12.3. The monoisotopic (exact) mass is 338 g/mol. The fourth-order valence-corrected chi connectivity index (χ4v) is 4.22. The third kappa shape index (κ3) is 4.96. The lowest BCUT2D eigenvalue weighted by Crippen LogP contribution is -2.31. The van der Waals surface area contributed by atoms with Gasteiger partial charge in [0.25, 0.3) is 0 Å². The molecule has 0 radical (unpaired) electrons. The predicted octanol–water partition coefficient (Wildman–Crippen LogP) is 2.68. The van der Waals surface area contributed by atoms with Crippen LogP contribution in [0.15, 0.2) is 24.3 Å². The van der Waals surface area contributed by atoms with E-state index in [4.69, 9.17) is 0 Å². The molecule has 23 heavy (non-hydrogen) atoms. The number of nitrogens with one attached hydrogen (secondary N) is 1. The van der Waals surface area contributed by atoms with E-state index in [0.717, 1.165) is 17.6 Å². The molecule has 1 aliphatic carbocycles. The van der Waals surface area contributed by atoms with Crippen LogP contribution in [0.4, 0.5) is 11.4 Å². The van der Waals surface area contributed by atoms with Gasteiger partial charge in [0.1, 0.15) is 9.84 Å². The van der Waals surface area contributed by atoms with Gasteiger partial charge in [-0.05, 0) is 25.0 Å². The molecule has 1 aliphatic rings. The molecule has 0 unspecified atom stereocenters. The number of anilines is 2. The summed E-state index contributed by atoms with van der Waals surface area (Å²) in [5.74, 6) is -0.975. The SMILES string of the molecule is C[C@H](CS(C)(=O)=O)C(=O)Nc1ccccc1N(C)C1CCCC1. The van der Waals surface area contributed by atoms with E-state index in [-0.39, 0.29) is 11.7 Å². The van der Waals surface area contributed by atoms with Crippen LogP contribution in [0, 0.1) is 5.92 Å². The van der Waals surface area contributed by atoms with E-state index in [1.165, 1.54) is 25.7 Å². The third-order valence-corrected chi connectivity index (χ3v) is 5.52. The van der Waals surface area contributed by atoms with Gasteiger partial charge in [0.05, 0.1) is 17.1 Å². The zero-order valence-electron chi connectivity index (χ0n) is 14.1. The van der Waals surface area contributed by atoms with Gasteiger partial charge < -0.3 is 10.2 Å². The normalized spacial score (nSPS) is 17.0. The Hall–Kier alpha value is -1.56. The second kappa shape index (κ2) is 7.34. The van der Waals surface area contributed by atoms with Crippen LogP contribution in [0.3, 0.4) is 0 Å².